The molecular weight excluding hydrogens is 356 g/mol. The maximum atomic E-state index is 13.0. The molecule has 0 radical (unpaired) electrons. The largest absolute Gasteiger partial charge is 0.363 e. The predicted molar refractivity (Wildman–Crippen MR) is 104 cm³/mol. The molecule has 0 fully saturated rings. The summed E-state index contributed by atoms with van der Waals surface area (Å²) >= 11 is 0. The van der Waals surface area contributed by atoms with Gasteiger partial charge in [0.25, 0.3) is 11.8 Å². The number of hydrogen-bond acceptors (Lipinski definition) is 4. The van der Waals surface area contributed by atoms with E-state index in [4.69, 9.17) is 5.73 Å². The lowest BCUT2D eigenvalue weighted by Crippen LogP contribution is -2.47. The van der Waals surface area contributed by atoms with Crippen molar-refractivity contribution in [1.29, 1.82) is 0 Å². The first kappa shape index (κ1) is 19.0. The van der Waals surface area contributed by atoms with Crippen LogP contribution in [0.1, 0.15) is 21.6 Å². The van der Waals surface area contributed by atoms with Crippen molar-refractivity contribution in [2.24, 2.45) is 5.73 Å². The summed E-state index contributed by atoms with van der Waals surface area (Å²) in [4.78, 5) is 36.7. The van der Waals surface area contributed by atoms with Crippen LogP contribution in [0.5, 0.6) is 0 Å². The third-order valence-electron chi connectivity index (χ3n) is 4.32. The molecule has 28 heavy (non-hydrogen) atoms. The second-order valence-electron chi connectivity index (χ2n) is 6.37. The Morgan fingerprint density at radius 2 is 1.64 bits per heavy atom. The highest BCUT2D eigenvalue weighted by atomic mass is 16.2. The fourth-order valence-corrected chi connectivity index (χ4v) is 2.93. The first-order chi connectivity index (χ1) is 13.5. The molecule has 7 heteroatoms. The standard InChI is InChI=1S/C21H20N4O3/c1-14-13-23-25(16-10-6-3-7-11-16)18(14)21(28)24-17(19(26)20(22)27)12-15-8-4-2-5-9-15/h2-11,13,17H,12H2,1H3,(H2,22,27)(H,24,28)/t17-/m0/s1. The number of nitrogens with two attached hydrogens (primary N) is 1. The molecule has 0 aliphatic carbocycles. The minimum absolute atomic E-state index is 0.160. The molecule has 2 aromatic carbocycles. The minimum atomic E-state index is -1.09. The summed E-state index contributed by atoms with van der Waals surface area (Å²) < 4.78 is 1.50. The molecule has 0 spiro atoms. The number of amides is 2. The van der Waals surface area contributed by atoms with Crippen molar-refractivity contribution in [3.05, 3.63) is 83.7 Å². The second kappa shape index (κ2) is 8.30. The molecule has 0 aliphatic heterocycles. The van der Waals surface area contributed by atoms with E-state index in [-0.39, 0.29) is 6.42 Å². The Morgan fingerprint density at radius 1 is 1.04 bits per heavy atom. The van der Waals surface area contributed by atoms with Gasteiger partial charge in [-0.25, -0.2) is 4.68 Å². The van der Waals surface area contributed by atoms with Crippen molar-refractivity contribution < 1.29 is 14.4 Å². The van der Waals surface area contributed by atoms with Gasteiger partial charge in [-0.05, 0) is 24.6 Å². The van der Waals surface area contributed by atoms with Gasteiger partial charge in [-0.3, -0.25) is 14.4 Å². The molecule has 1 atom stereocenters. The molecule has 0 aliphatic rings. The first-order valence-corrected chi connectivity index (χ1v) is 8.76. The fraction of sp³-hybridized carbons (Fsp3) is 0.143. The van der Waals surface area contributed by atoms with Crippen LogP contribution in [0.25, 0.3) is 5.69 Å². The highest BCUT2D eigenvalue weighted by Gasteiger charge is 2.28. The van der Waals surface area contributed by atoms with Crippen molar-refractivity contribution in [2.75, 3.05) is 0 Å². The van der Waals surface area contributed by atoms with Gasteiger partial charge in [0, 0.05) is 12.0 Å². The van der Waals surface area contributed by atoms with Gasteiger partial charge in [0.1, 0.15) is 11.7 Å². The van der Waals surface area contributed by atoms with Crippen molar-refractivity contribution in [3.63, 3.8) is 0 Å². The van der Waals surface area contributed by atoms with Crippen molar-refractivity contribution in [1.82, 2.24) is 15.1 Å². The third-order valence-corrected chi connectivity index (χ3v) is 4.32. The van der Waals surface area contributed by atoms with Gasteiger partial charge in [-0.2, -0.15) is 5.10 Å². The zero-order valence-corrected chi connectivity index (χ0v) is 15.3. The van der Waals surface area contributed by atoms with E-state index >= 15 is 0 Å². The molecular formula is C21H20N4O3. The molecule has 7 nitrogen and oxygen atoms in total. The summed E-state index contributed by atoms with van der Waals surface area (Å²) in [5, 5.41) is 6.91. The van der Waals surface area contributed by atoms with E-state index in [2.05, 4.69) is 10.4 Å². The summed E-state index contributed by atoms with van der Waals surface area (Å²) in [5.74, 6) is -2.44. The Morgan fingerprint density at radius 3 is 2.25 bits per heavy atom. The van der Waals surface area contributed by atoms with E-state index in [0.29, 0.717) is 16.9 Å². The van der Waals surface area contributed by atoms with Crippen LogP contribution in [-0.4, -0.2) is 33.4 Å². The number of ketones is 1. The van der Waals surface area contributed by atoms with Crippen LogP contribution in [0.3, 0.4) is 0 Å². The lowest BCUT2D eigenvalue weighted by Gasteiger charge is -2.17. The number of para-hydroxylation sites is 1. The predicted octanol–water partition coefficient (Wildman–Crippen LogP) is 1.58. The molecule has 2 amide bonds. The number of aryl methyl sites for hydroxylation is 1. The number of carbonyl (C=O) groups excluding carboxylic acids is 3. The molecule has 3 N–H and O–H groups in total. The Bertz CT molecular complexity index is 997. The molecule has 142 valence electrons. The molecule has 0 unspecified atom stereocenters. The quantitative estimate of drug-likeness (QED) is 0.610. The lowest BCUT2D eigenvalue weighted by atomic mass is 10.0. The van der Waals surface area contributed by atoms with E-state index in [1.54, 1.807) is 13.1 Å². The maximum absolute atomic E-state index is 13.0. The first-order valence-electron chi connectivity index (χ1n) is 8.76. The molecule has 0 saturated carbocycles. The van der Waals surface area contributed by atoms with Crippen LogP contribution >= 0.6 is 0 Å². The summed E-state index contributed by atoms with van der Waals surface area (Å²) in [7, 11) is 0. The monoisotopic (exact) mass is 376 g/mol. The van der Waals surface area contributed by atoms with Gasteiger partial charge in [-0.1, -0.05) is 48.5 Å². The number of rotatable bonds is 7. The third kappa shape index (κ3) is 4.15. The molecule has 0 bridgehead atoms. The van der Waals surface area contributed by atoms with E-state index in [1.807, 2.05) is 60.7 Å². The lowest BCUT2D eigenvalue weighted by molar-refractivity contribution is -0.137. The maximum Gasteiger partial charge on any atom is 0.287 e. The van der Waals surface area contributed by atoms with Crippen LogP contribution in [0.2, 0.25) is 0 Å². The fourth-order valence-electron chi connectivity index (χ4n) is 2.93. The number of aromatic nitrogens is 2. The highest BCUT2D eigenvalue weighted by molar-refractivity contribution is 6.38. The highest BCUT2D eigenvalue weighted by Crippen LogP contribution is 2.15. The number of nitrogens with one attached hydrogen (secondary N) is 1. The van der Waals surface area contributed by atoms with Gasteiger partial charge >= 0.3 is 0 Å². The van der Waals surface area contributed by atoms with Gasteiger partial charge in [-0.15, -0.1) is 0 Å². The Labute approximate surface area is 162 Å². The summed E-state index contributed by atoms with van der Waals surface area (Å²) in [6.07, 6.45) is 1.73. The van der Waals surface area contributed by atoms with Crippen LogP contribution < -0.4 is 11.1 Å². The number of primary amides is 1. The van der Waals surface area contributed by atoms with Gasteiger partial charge in [0.15, 0.2) is 0 Å². The number of nitrogens with zero attached hydrogens (tertiary/aromatic N) is 2. The zero-order chi connectivity index (χ0) is 20.1. The van der Waals surface area contributed by atoms with Crippen LogP contribution in [0, 0.1) is 6.92 Å². The van der Waals surface area contributed by atoms with E-state index in [9.17, 15) is 14.4 Å². The van der Waals surface area contributed by atoms with Crippen molar-refractivity contribution in [2.45, 2.75) is 19.4 Å². The van der Waals surface area contributed by atoms with E-state index in [0.717, 1.165) is 5.56 Å². The average molecular weight is 376 g/mol. The molecule has 1 aromatic heterocycles. The molecule has 1 heterocycles. The number of benzene rings is 2. The Balaban J connectivity index is 1.89. The van der Waals surface area contributed by atoms with Crippen LogP contribution in [0.15, 0.2) is 66.9 Å². The number of Topliss-reactive ketones (excluding diaryl/α,β-unsaturated/α-hetero) is 1. The molecule has 0 saturated heterocycles. The van der Waals surface area contributed by atoms with Gasteiger partial charge in [0.05, 0.1) is 11.9 Å². The Hall–Kier alpha value is -3.74. The van der Waals surface area contributed by atoms with Crippen LogP contribution in [0.4, 0.5) is 0 Å². The topological polar surface area (TPSA) is 107 Å². The molecule has 3 rings (SSSR count). The zero-order valence-electron chi connectivity index (χ0n) is 15.3. The number of hydrogen-bond donors (Lipinski definition) is 2. The second-order valence-corrected chi connectivity index (χ2v) is 6.37. The van der Waals surface area contributed by atoms with E-state index in [1.165, 1.54) is 4.68 Å². The number of carbonyl (C=O) groups is 3. The van der Waals surface area contributed by atoms with Crippen molar-refractivity contribution >= 4 is 17.6 Å². The minimum Gasteiger partial charge on any atom is -0.363 e. The summed E-state index contributed by atoms with van der Waals surface area (Å²) in [6, 6.07) is 17.2. The van der Waals surface area contributed by atoms with E-state index < -0.39 is 23.6 Å². The van der Waals surface area contributed by atoms with Crippen LogP contribution in [-0.2, 0) is 16.0 Å². The summed E-state index contributed by atoms with van der Waals surface area (Å²) in [5.41, 5.74) is 7.63. The average Bonchev–Trinajstić information content (AvgIpc) is 3.10. The molecule has 3 aromatic rings. The van der Waals surface area contributed by atoms with Crippen molar-refractivity contribution in [3.8, 4) is 5.69 Å². The smallest absolute Gasteiger partial charge is 0.287 e. The Kier molecular flexibility index (Phi) is 5.64. The van der Waals surface area contributed by atoms with Gasteiger partial charge in [0.2, 0.25) is 5.78 Å². The normalized spacial score (nSPS) is 11.6. The van der Waals surface area contributed by atoms with Gasteiger partial charge < -0.3 is 11.1 Å². The summed E-state index contributed by atoms with van der Waals surface area (Å²) in [6.45, 7) is 1.75. The SMILES string of the molecule is Cc1cnn(-c2ccccc2)c1C(=O)N[C@@H](Cc1ccccc1)C(=O)C(N)=O.